The summed E-state index contributed by atoms with van der Waals surface area (Å²) in [5, 5.41) is 2.62. The molecule has 0 aliphatic rings. The summed E-state index contributed by atoms with van der Waals surface area (Å²) >= 11 is 0. The van der Waals surface area contributed by atoms with Crippen LogP contribution in [-0.2, 0) is 19.3 Å². The van der Waals surface area contributed by atoms with Crippen molar-refractivity contribution < 1.29 is 0 Å². The predicted molar refractivity (Wildman–Crippen MR) is 215 cm³/mol. The van der Waals surface area contributed by atoms with Gasteiger partial charge in [-0.2, -0.15) is 0 Å². The van der Waals surface area contributed by atoms with E-state index in [1.807, 2.05) is 0 Å². The van der Waals surface area contributed by atoms with Gasteiger partial charge < -0.3 is 9.47 Å². The second-order valence-corrected chi connectivity index (χ2v) is 14.3. The lowest BCUT2D eigenvalue weighted by atomic mass is 9.98. The summed E-state index contributed by atoms with van der Waals surface area (Å²) in [5.41, 5.74) is 15.8. The molecular formula is C47H56N2. The highest BCUT2D eigenvalue weighted by Crippen LogP contribution is 2.41. The topological polar surface area (TPSA) is 8.17 Å². The Labute approximate surface area is 295 Å². The Morgan fingerprint density at radius 1 is 0.490 bits per heavy atom. The molecule has 0 radical (unpaired) electrons. The van der Waals surface area contributed by atoms with Crippen molar-refractivity contribution in [3.05, 3.63) is 130 Å². The van der Waals surface area contributed by atoms with E-state index in [9.17, 15) is 0 Å². The van der Waals surface area contributed by atoms with Crippen molar-refractivity contribution in [3.63, 3.8) is 0 Å². The molecule has 0 fully saturated rings. The second-order valence-electron chi connectivity index (χ2n) is 14.3. The van der Waals surface area contributed by atoms with E-state index >= 15 is 0 Å². The molecule has 6 aromatic rings. The van der Waals surface area contributed by atoms with Crippen LogP contribution in [0.5, 0.6) is 0 Å². The number of anilines is 3. The van der Waals surface area contributed by atoms with Crippen molar-refractivity contribution >= 4 is 38.9 Å². The van der Waals surface area contributed by atoms with Gasteiger partial charge in [0.25, 0.3) is 0 Å². The van der Waals surface area contributed by atoms with Gasteiger partial charge in [0.2, 0.25) is 0 Å². The molecule has 0 spiro atoms. The summed E-state index contributed by atoms with van der Waals surface area (Å²) in [6.45, 7) is 13.6. The van der Waals surface area contributed by atoms with Crippen LogP contribution in [0.2, 0.25) is 0 Å². The number of unbranched alkanes of at least 4 members (excludes halogenated alkanes) is 6. The Bertz CT molecular complexity index is 1950. The Balaban J connectivity index is 1.52. The van der Waals surface area contributed by atoms with Crippen LogP contribution in [0.1, 0.15) is 106 Å². The van der Waals surface area contributed by atoms with Crippen LogP contribution in [0, 0.1) is 20.8 Å². The number of benzene rings is 5. The maximum absolute atomic E-state index is 2.52. The Hall–Kier alpha value is -4.30. The van der Waals surface area contributed by atoms with Gasteiger partial charge in [-0.1, -0.05) is 95.2 Å². The zero-order valence-electron chi connectivity index (χ0n) is 30.9. The van der Waals surface area contributed by atoms with Crippen molar-refractivity contribution in [1.82, 2.24) is 4.57 Å². The average Bonchev–Trinajstić information content (AvgIpc) is 3.44. The molecule has 1 heterocycles. The molecule has 5 aromatic carbocycles. The van der Waals surface area contributed by atoms with Crippen LogP contribution in [0.25, 0.3) is 27.5 Å². The zero-order valence-corrected chi connectivity index (χ0v) is 30.9. The fourth-order valence-electron chi connectivity index (χ4n) is 7.45. The predicted octanol–water partition coefficient (Wildman–Crippen LogP) is 14.0. The number of nitrogens with zero attached hydrogens (tertiary/aromatic N) is 2. The molecule has 0 saturated carbocycles. The molecule has 0 amide bonds. The van der Waals surface area contributed by atoms with E-state index in [0.29, 0.717) is 0 Å². The molecule has 0 N–H and O–H groups in total. The molecule has 0 saturated heterocycles. The number of aryl methyl sites for hydroxylation is 6. The fourth-order valence-corrected chi connectivity index (χ4v) is 7.45. The van der Waals surface area contributed by atoms with Gasteiger partial charge in [-0.3, -0.25) is 0 Å². The fraction of sp³-hybridized carbons (Fsp3) is 0.362. The van der Waals surface area contributed by atoms with Crippen LogP contribution in [0.15, 0.2) is 97.1 Å². The second kappa shape index (κ2) is 15.9. The largest absolute Gasteiger partial charge is 0.310 e. The number of aromatic nitrogens is 1. The third-order valence-electron chi connectivity index (χ3n) is 10.6. The molecule has 6 rings (SSSR count). The normalized spacial score (nSPS) is 11.6. The lowest BCUT2D eigenvalue weighted by Gasteiger charge is -2.27. The van der Waals surface area contributed by atoms with Crippen LogP contribution >= 0.6 is 0 Å². The highest BCUT2D eigenvalue weighted by Gasteiger charge is 2.19. The molecule has 0 bridgehead atoms. The standard InChI is InChI=1S/C47H56N2/c1-7-10-12-14-16-38-31-41(25-20-35(38)5)48(42-26-21-36(6)39(32-42)17-15-13-11-8-2)43-27-29-47-45(33-43)44-30-37(9-3)22-28-46(44)49(47)40-23-18-34(4)19-24-40/h18-33H,7-17H2,1-6H3. The summed E-state index contributed by atoms with van der Waals surface area (Å²) in [6.07, 6.45) is 13.5. The average molecular weight is 649 g/mol. The summed E-state index contributed by atoms with van der Waals surface area (Å²) in [5.74, 6) is 0. The third kappa shape index (κ3) is 7.64. The van der Waals surface area contributed by atoms with Gasteiger partial charge in [0.15, 0.2) is 0 Å². The first-order chi connectivity index (χ1) is 23.9. The Kier molecular flexibility index (Phi) is 11.2. The van der Waals surface area contributed by atoms with Gasteiger partial charge >= 0.3 is 0 Å². The van der Waals surface area contributed by atoms with Gasteiger partial charge in [0.05, 0.1) is 11.0 Å². The monoisotopic (exact) mass is 648 g/mol. The number of rotatable bonds is 15. The first-order valence-electron chi connectivity index (χ1n) is 19.0. The minimum Gasteiger partial charge on any atom is -0.310 e. The van der Waals surface area contributed by atoms with Gasteiger partial charge in [0.1, 0.15) is 0 Å². The molecule has 1 aromatic heterocycles. The highest BCUT2D eigenvalue weighted by molar-refractivity contribution is 6.11. The first kappa shape index (κ1) is 34.6. The zero-order chi connectivity index (χ0) is 34.3. The maximum atomic E-state index is 2.52. The maximum Gasteiger partial charge on any atom is 0.0542 e. The van der Waals surface area contributed by atoms with E-state index in [0.717, 1.165) is 19.3 Å². The number of hydrogen-bond donors (Lipinski definition) is 0. The van der Waals surface area contributed by atoms with Crippen molar-refractivity contribution in [3.8, 4) is 5.69 Å². The Morgan fingerprint density at radius 2 is 1.00 bits per heavy atom. The molecular weight excluding hydrogens is 593 g/mol. The van der Waals surface area contributed by atoms with Crippen LogP contribution in [0.4, 0.5) is 17.1 Å². The van der Waals surface area contributed by atoms with Gasteiger partial charge in [-0.05, 0) is 147 Å². The van der Waals surface area contributed by atoms with Crippen molar-refractivity contribution in [1.29, 1.82) is 0 Å². The minimum atomic E-state index is 1.02. The van der Waals surface area contributed by atoms with Crippen LogP contribution in [0.3, 0.4) is 0 Å². The summed E-state index contributed by atoms with van der Waals surface area (Å²) < 4.78 is 2.44. The van der Waals surface area contributed by atoms with Crippen molar-refractivity contribution in [2.45, 2.75) is 112 Å². The van der Waals surface area contributed by atoms with Gasteiger partial charge in [-0.15, -0.1) is 0 Å². The molecule has 0 atom stereocenters. The summed E-state index contributed by atoms with van der Waals surface area (Å²) in [7, 11) is 0. The molecule has 0 aliphatic carbocycles. The minimum absolute atomic E-state index is 1.02. The van der Waals surface area contributed by atoms with Crippen LogP contribution in [-0.4, -0.2) is 4.57 Å². The highest BCUT2D eigenvalue weighted by atomic mass is 15.1. The van der Waals surface area contributed by atoms with E-state index in [1.54, 1.807) is 0 Å². The van der Waals surface area contributed by atoms with E-state index < -0.39 is 0 Å². The summed E-state index contributed by atoms with van der Waals surface area (Å²) in [6, 6.07) is 37.4. The molecule has 0 unspecified atom stereocenters. The molecule has 2 nitrogen and oxygen atoms in total. The third-order valence-corrected chi connectivity index (χ3v) is 10.6. The molecule has 2 heteroatoms. The lowest BCUT2D eigenvalue weighted by molar-refractivity contribution is 0.665. The van der Waals surface area contributed by atoms with E-state index in [-0.39, 0.29) is 0 Å². The molecule has 254 valence electrons. The molecule has 0 aliphatic heterocycles. The number of hydrogen-bond acceptors (Lipinski definition) is 1. The van der Waals surface area contributed by atoms with Crippen molar-refractivity contribution in [2.24, 2.45) is 0 Å². The quantitative estimate of drug-likeness (QED) is 0.101. The SMILES string of the molecule is CCCCCCc1cc(N(c2ccc(C)c(CCCCCC)c2)c2ccc3c(c2)c2cc(CC)ccc2n3-c2ccc(C)cc2)ccc1C. The van der Waals surface area contributed by atoms with E-state index in [4.69, 9.17) is 0 Å². The first-order valence-corrected chi connectivity index (χ1v) is 19.0. The number of fused-ring (bicyclic) bond motifs is 3. The lowest BCUT2D eigenvalue weighted by Crippen LogP contribution is -2.11. The van der Waals surface area contributed by atoms with E-state index in [1.165, 1.54) is 129 Å². The van der Waals surface area contributed by atoms with Crippen molar-refractivity contribution in [2.75, 3.05) is 4.90 Å². The Morgan fingerprint density at radius 3 is 1.55 bits per heavy atom. The smallest absolute Gasteiger partial charge is 0.0542 e. The van der Waals surface area contributed by atoms with Crippen LogP contribution < -0.4 is 4.90 Å². The van der Waals surface area contributed by atoms with Gasteiger partial charge in [0, 0.05) is 33.5 Å². The molecule has 49 heavy (non-hydrogen) atoms. The summed E-state index contributed by atoms with van der Waals surface area (Å²) in [4.78, 5) is 2.52. The van der Waals surface area contributed by atoms with E-state index in [2.05, 4.69) is 148 Å². The van der Waals surface area contributed by atoms with Gasteiger partial charge in [-0.25, -0.2) is 0 Å².